The van der Waals surface area contributed by atoms with Crippen molar-refractivity contribution in [3.05, 3.63) is 70.2 Å². The van der Waals surface area contributed by atoms with Gasteiger partial charge < -0.3 is 10.1 Å². The van der Waals surface area contributed by atoms with E-state index in [-0.39, 0.29) is 19.1 Å². The van der Waals surface area contributed by atoms with Gasteiger partial charge in [0.05, 0.1) is 0 Å². The number of hydrogen-bond acceptors (Lipinski definition) is 3. The number of nitrogens with one attached hydrogen (secondary N) is 1. The molecule has 4 nitrogen and oxygen atoms in total. The molecule has 5 heteroatoms. The van der Waals surface area contributed by atoms with Crippen LogP contribution in [0.15, 0.2) is 59.1 Å². The van der Waals surface area contributed by atoms with Crippen LogP contribution in [-0.4, -0.2) is 18.4 Å². The Morgan fingerprint density at radius 3 is 2.48 bits per heavy atom. The third kappa shape index (κ3) is 6.65. The van der Waals surface area contributed by atoms with Gasteiger partial charge in [-0.3, -0.25) is 9.59 Å². The molecule has 1 N–H and O–H groups in total. The largest absolute Gasteiger partial charge is 0.460 e. The van der Waals surface area contributed by atoms with E-state index < -0.39 is 5.97 Å². The Morgan fingerprint density at radius 2 is 1.74 bits per heavy atom. The number of halogens is 1. The topological polar surface area (TPSA) is 55.4 Å². The van der Waals surface area contributed by atoms with Crippen LogP contribution in [0.5, 0.6) is 0 Å². The van der Waals surface area contributed by atoms with E-state index in [1.165, 1.54) is 0 Å². The van der Waals surface area contributed by atoms with Gasteiger partial charge in [-0.2, -0.15) is 0 Å². The Balaban J connectivity index is 1.64. The molecule has 2 aromatic rings. The van der Waals surface area contributed by atoms with Crippen molar-refractivity contribution < 1.29 is 14.3 Å². The van der Waals surface area contributed by atoms with Gasteiger partial charge in [0.25, 0.3) is 0 Å². The molecule has 0 aliphatic heterocycles. The first-order valence-corrected chi connectivity index (χ1v) is 8.13. The maximum Gasteiger partial charge on any atom is 0.325 e. The number of carbonyl (C=O) groups excluding carboxylic acids is 2. The molecule has 0 spiro atoms. The molecule has 0 aliphatic rings. The molecule has 0 aromatic heterocycles. The number of amides is 1. The van der Waals surface area contributed by atoms with E-state index in [0.717, 1.165) is 15.6 Å². The van der Waals surface area contributed by atoms with Crippen molar-refractivity contribution in [3.63, 3.8) is 0 Å². The number of hydrogen-bond donors (Lipinski definition) is 1. The normalized spacial score (nSPS) is 10.1. The van der Waals surface area contributed by atoms with E-state index >= 15 is 0 Å². The van der Waals surface area contributed by atoms with E-state index in [1.54, 1.807) is 0 Å². The van der Waals surface area contributed by atoms with E-state index in [1.807, 2.05) is 54.6 Å². The zero-order valence-corrected chi connectivity index (χ0v) is 14.2. The lowest BCUT2D eigenvalue weighted by Crippen LogP contribution is -2.30. The second-order valence-electron chi connectivity index (χ2n) is 5.05. The minimum Gasteiger partial charge on any atom is -0.460 e. The van der Waals surface area contributed by atoms with E-state index in [2.05, 4.69) is 21.2 Å². The fourth-order valence-electron chi connectivity index (χ4n) is 2.00. The van der Waals surface area contributed by atoms with Gasteiger partial charge >= 0.3 is 5.97 Å². The minimum absolute atomic E-state index is 0.107. The van der Waals surface area contributed by atoms with Crippen LogP contribution < -0.4 is 5.32 Å². The first-order chi connectivity index (χ1) is 11.1. The van der Waals surface area contributed by atoms with Crippen molar-refractivity contribution in [2.24, 2.45) is 0 Å². The molecule has 2 rings (SSSR count). The summed E-state index contributed by atoms with van der Waals surface area (Å²) < 4.78 is 6.08. The van der Waals surface area contributed by atoms with Gasteiger partial charge in [-0.25, -0.2) is 0 Å². The molecule has 2 aromatic carbocycles. The highest BCUT2D eigenvalue weighted by atomic mass is 79.9. The summed E-state index contributed by atoms with van der Waals surface area (Å²) in [6.45, 7) is 0.109. The van der Waals surface area contributed by atoms with Crippen LogP contribution >= 0.6 is 15.9 Å². The van der Waals surface area contributed by atoms with Crippen LogP contribution in [-0.2, 0) is 27.4 Å². The summed E-state index contributed by atoms with van der Waals surface area (Å²) in [7, 11) is 0. The Morgan fingerprint density at radius 1 is 1.00 bits per heavy atom. The van der Waals surface area contributed by atoms with E-state index in [0.29, 0.717) is 12.8 Å². The number of carbonyl (C=O) groups is 2. The van der Waals surface area contributed by atoms with Gasteiger partial charge in [-0.15, -0.1) is 0 Å². The number of esters is 1. The first kappa shape index (κ1) is 17.2. The molecule has 120 valence electrons. The zero-order valence-electron chi connectivity index (χ0n) is 12.6. The molecule has 0 unspecified atom stereocenters. The second kappa shape index (κ2) is 9.10. The third-order valence-electron chi connectivity index (χ3n) is 3.20. The highest BCUT2D eigenvalue weighted by Gasteiger charge is 2.07. The standard InChI is InChI=1S/C18H18BrNO3/c19-16-8-4-7-14(11-16)9-10-17(21)20-12-18(22)23-13-15-5-2-1-3-6-15/h1-8,11H,9-10,12-13H2,(H,20,21). The Labute approximate surface area is 144 Å². The number of benzene rings is 2. The molecule has 23 heavy (non-hydrogen) atoms. The molecule has 0 bridgehead atoms. The van der Waals surface area contributed by atoms with Gasteiger partial charge in [-0.05, 0) is 29.7 Å². The van der Waals surface area contributed by atoms with E-state index in [9.17, 15) is 9.59 Å². The van der Waals surface area contributed by atoms with Crippen molar-refractivity contribution in [2.75, 3.05) is 6.54 Å². The summed E-state index contributed by atoms with van der Waals surface area (Å²) in [5.41, 5.74) is 1.99. The molecular weight excluding hydrogens is 358 g/mol. The second-order valence-corrected chi connectivity index (χ2v) is 5.97. The average molecular weight is 376 g/mol. The Hall–Kier alpha value is -2.14. The molecule has 0 aliphatic carbocycles. The lowest BCUT2D eigenvalue weighted by atomic mass is 10.1. The third-order valence-corrected chi connectivity index (χ3v) is 3.70. The molecule has 0 fully saturated rings. The maximum absolute atomic E-state index is 11.7. The number of ether oxygens (including phenoxy) is 1. The highest BCUT2D eigenvalue weighted by Crippen LogP contribution is 2.12. The van der Waals surface area contributed by atoms with Crippen molar-refractivity contribution in [1.29, 1.82) is 0 Å². The highest BCUT2D eigenvalue weighted by molar-refractivity contribution is 9.10. The van der Waals surface area contributed by atoms with Crippen molar-refractivity contribution in [1.82, 2.24) is 5.32 Å². The molecule has 0 radical (unpaired) electrons. The maximum atomic E-state index is 11.7. The quantitative estimate of drug-likeness (QED) is 0.755. The van der Waals surface area contributed by atoms with Crippen LogP contribution in [0.4, 0.5) is 0 Å². The summed E-state index contributed by atoms with van der Waals surface area (Å²) in [6.07, 6.45) is 0.965. The fraction of sp³-hybridized carbons (Fsp3) is 0.222. The van der Waals surface area contributed by atoms with Crippen LogP contribution in [0.25, 0.3) is 0 Å². The van der Waals surface area contributed by atoms with Crippen molar-refractivity contribution >= 4 is 27.8 Å². The number of aryl methyl sites for hydroxylation is 1. The predicted molar refractivity (Wildman–Crippen MR) is 91.7 cm³/mol. The summed E-state index contributed by atoms with van der Waals surface area (Å²) in [5.74, 6) is -0.605. The smallest absolute Gasteiger partial charge is 0.325 e. The number of rotatable bonds is 7. The summed E-state index contributed by atoms with van der Waals surface area (Å²) in [5, 5.41) is 2.58. The average Bonchev–Trinajstić information content (AvgIpc) is 2.57. The lowest BCUT2D eigenvalue weighted by Gasteiger charge is -2.07. The first-order valence-electron chi connectivity index (χ1n) is 7.34. The lowest BCUT2D eigenvalue weighted by molar-refractivity contribution is -0.145. The Kier molecular flexibility index (Phi) is 6.81. The molecule has 0 heterocycles. The minimum atomic E-state index is -0.440. The van der Waals surface area contributed by atoms with Crippen LogP contribution in [0, 0.1) is 0 Å². The van der Waals surface area contributed by atoms with Crippen molar-refractivity contribution in [2.45, 2.75) is 19.4 Å². The van der Waals surface area contributed by atoms with Crippen LogP contribution in [0.2, 0.25) is 0 Å². The molecule has 0 saturated heterocycles. The van der Waals surface area contributed by atoms with Gasteiger partial charge in [0.2, 0.25) is 5.91 Å². The fourth-order valence-corrected chi connectivity index (χ4v) is 2.45. The van der Waals surface area contributed by atoms with Gasteiger partial charge in [0.15, 0.2) is 0 Å². The Bertz CT molecular complexity index is 658. The SMILES string of the molecule is O=C(CCc1cccc(Br)c1)NCC(=O)OCc1ccccc1. The van der Waals surface area contributed by atoms with Gasteiger partial charge in [0.1, 0.15) is 13.2 Å². The summed E-state index contributed by atoms with van der Waals surface area (Å²) in [6, 6.07) is 17.2. The molecule has 0 saturated carbocycles. The molecule has 0 atom stereocenters. The molecular formula is C18H18BrNO3. The van der Waals surface area contributed by atoms with Crippen LogP contribution in [0.1, 0.15) is 17.5 Å². The zero-order chi connectivity index (χ0) is 16.5. The monoisotopic (exact) mass is 375 g/mol. The predicted octanol–water partition coefficient (Wildman–Crippen LogP) is 3.24. The summed E-state index contributed by atoms with van der Waals surface area (Å²) >= 11 is 3.39. The van der Waals surface area contributed by atoms with Crippen LogP contribution in [0.3, 0.4) is 0 Å². The molecule has 1 amide bonds. The van der Waals surface area contributed by atoms with E-state index in [4.69, 9.17) is 4.74 Å². The van der Waals surface area contributed by atoms with Crippen molar-refractivity contribution in [3.8, 4) is 0 Å². The van der Waals surface area contributed by atoms with Gasteiger partial charge in [-0.1, -0.05) is 58.4 Å². The van der Waals surface area contributed by atoms with Gasteiger partial charge in [0, 0.05) is 10.9 Å². The summed E-state index contributed by atoms with van der Waals surface area (Å²) in [4.78, 5) is 23.3.